The smallest absolute Gasteiger partial charge is 0.238 e. The molecular formula is C21H24N2O3. The minimum atomic E-state index is -0.885. The van der Waals surface area contributed by atoms with Crippen LogP contribution in [0.2, 0.25) is 0 Å². The second-order valence-corrected chi connectivity index (χ2v) is 6.65. The van der Waals surface area contributed by atoms with Gasteiger partial charge in [0.05, 0.1) is 12.0 Å². The van der Waals surface area contributed by atoms with E-state index in [0.29, 0.717) is 19.6 Å². The van der Waals surface area contributed by atoms with Crippen LogP contribution in [0.25, 0.3) is 0 Å². The lowest BCUT2D eigenvalue weighted by molar-refractivity contribution is -0.129. The number of benzene rings is 2. The Balaban J connectivity index is 1.97. The van der Waals surface area contributed by atoms with Crippen molar-refractivity contribution in [3.8, 4) is 0 Å². The fourth-order valence-electron chi connectivity index (χ4n) is 3.69. The van der Waals surface area contributed by atoms with E-state index in [-0.39, 0.29) is 18.2 Å². The monoisotopic (exact) mass is 352 g/mol. The molecule has 26 heavy (non-hydrogen) atoms. The standard InChI is InChI=1S/C21H24N2O3/c1-23-18-11-7-6-10-17(18)21(20(23)25,14-16-8-4-3-5-9-16)15-19(24)22-12-13-26-2/h3-11H,12-15H2,1-2H3,(H,22,24)/t21-/m1/s1. The highest BCUT2D eigenvalue weighted by molar-refractivity contribution is 6.09. The Kier molecular flexibility index (Phi) is 5.38. The minimum absolute atomic E-state index is 0.0376. The molecule has 1 aliphatic heterocycles. The van der Waals surface area contributed by atoms with Gasteiger partial charge in [0.25, 0.3) is 0 Å². The number of likely N-dealkylation sites (N-methyl/N-ethyl adjacent to an activating group) is 1. The van der Waals surface area contributed by atoms with E-state index in [2.05, 4.69) is 5.32 Å². The zero-order valence-corrected chi connectivity index (χ0v) is 15.2. The van der Waals surface area contributed by atoms with Gasteiger partial charge in [-0.3, -0.25) is 9.59 Å². The van der Waals surface area contributed by atoms with Crippen LogP contribution < -0.4 is 10.2 Å². The Bertz CT molecular complexity index is 791. The molecule has 0 radical (unpaired) electrons. The third-order valence-electron chi connectivity index (χ3n) is 4.93. The van der Waals surface area contributed by atoms with E-state index in [1.807, 2.05) is 54.6 Å². The predicted octanol–water partition coefficient (Wildman–Crippen LogP) is 2.30. The summed E-state index contributed by atoms with van der Waals surface area (Å²) >= 11 is 0. The van der Waals surface area contributed by atoms with Crippen LogP contribution in [0.1, 0.15) is 17.5 Å². The lowest BCUT2D eigenvalue weighted by atomic mass is 9.73. The summed E-state index contributed by atoms with van der Waals surface area (Å²) < 4.78 is 4.99. The van der Waals surface area contributed by atoms with Crippen molar-refractivity contribution in [2.75, 3.05) is 32.2 Å². The molecule has 2 amide bonds. The van der Waals surface area contributed by atoms with Crippen molar-refractivity contribution in [1.82, 2.24) is 5.32 Å². The molecule has 2 aromatic carbocycles. The number of hydrogen-bond acceptors (Lipinski definition) is 3. The van der Waals surface area contributed by atoms with Crippen molar-refractivity contribution < 1.29 is 14.3 Å². The van der Waals surface area contributed by atoms with Gasteiger partial charge in [-0.15, -0.1) is 0 Å². The molecule has 1 aliphatic rings. The fraction of sp³-hybridized carbons (Fsp3) is 0.333. The zero-order valence-electron chi connectivity index (χ0n) is 15.2. The summed E-state index contributed by atoms with van der Waals surface area (Å²) in [7, 11) is 3.37. The minimum Gasteiger partial charge on any atom is -0.383 e. The highest BCUT2D eigenvalue weighted by Crippen LogP contribution is 2.45. The molecule has 0 saturated heterocycles. The molecule has 136 valence electrons. The Morgan fingerprint density at radius 1 is 1.12 bits per heavy atom. The van der Waals surface area contributed by atoms with Crippen LogP contribution in [0.3, 0.4) is 0 Å². The van der Waals surface area contributed by atoms with Gasteiger partial charge in [0.15, 0.2) is 0 Å². The molecule has 0 saturated carbocycles. The van der Waals surface area contributed by atoms with Crippen molar-refractivity contribution in [2.24, 2.45) is 0 Å². The van der Waals surface area contributed by atoms with Crippen molar-refractivity contribution in [3.05, 3.63) is 65.7 Å². The first-order valence-corrected chi connectivity index (χ1v) is 8.76. The number of carbonyl (C=O) groups excluding carboxylic acids is 2. The first kappa shape index (κ1) is 18.1. The SMILES string of the molecule is COCCNC(=O)C[C@@]1(Cc2ccccc2)C(=O)N(C)c2ccccc21. The second kappa shape index (κ2) is 7.70. The van der Waals surface area contributed by atoms with Crippen LogP contribution in [0, 0.1) is 0 Å². The number of rotatable bonds is 7. The molecule has 5 heteroatoms. The Morgan fingerprint density at radius 2 is 1.81 bits per heavy atom. The summed E-state index contributed by atoms with van der Waals surface area (Å²) in [5.41, 5.74) is 1.94. The summed E-state index contributed by atoms with van der Waals surface area (Å²) in [5, 5.41) is 2.85. The zero-order chi connectivity index (χ0) is 18.6. The average Bonchev–Trinajstić information content (AvgIpc) is 2.85. The third-order valence-corrected chi connectivity index (χ3v) is 4.93. The van der Waals surface area contributed by atoms with Crippen molar-refractivity contribution in [1.29, 1.82) is 0 Å². The quantitative estimate of drug-likeness (QED) is 0.778. The van der Waals surface area contributed by atoms with Gasteiger partial charge in [-0.2, -0.15) is 0 Å². The van der Waals surface area contributed by atoms with E-state index in [4.69, 9.17) is 4.74 Å². The highest BCUT2D eigenvalue weighted by Gasteiger charge is 2.50. The van der Waals surface area contributed by atoms with Gasteiger partial charge in [0.2, 0.25) is 11.8 Å². The Labute approximate surface area is 154 Å². The lowest BCUT2D eigenvalue weighted by Gasteiger charge is -2.28. The maximum Gasteiger partial charge on any atom is 0.238 e. The number of fused-ring (bicyclic) bond motifs is 1. The number of carbonyl (C=O) groups is 2. The number of para-hydroxylation sites is 1. The number of amides is 2. The molecule has 0 aromatic heterocycles. The number of nitrogens with zero attached hydrogens (tertiary/aromatic N) is 1. The number of anilines is 1. The van der Waals surface area contributed by atoms with Gasteiger partial charge in [-0.25, -0.2) is 0 Å². The van der Waals surface area contributed by atoms with E-state index >= 15 is 0 Å². The van der Waals surface area contributed by atoms with Gasteiger partial charge in [-0.05, 0) is 23.6 Å². The van der Waals surface area contributed by atoms with Gasteiger partial charge in [0, 0.05) is 32.8 Å². The molecule has 2 aromatic rings. The highest BCUT2D eigenvalue weighted by atomic mass is 16.5. The van der Waals surface area contributed by atoms with Crippen molar-refractivity contribution in [2.45, 2.75) is 18.3 Å². The lowest BCUT2D eigenvalue weighted by Crippen LogP contribution is -2.44. The van der Waals surface area contributed by atoms with E-state index in [1.54, 1.807) is 19.1 Å². The summed E-state index contributed by atoms with van der Waals surface area (Å²) in [6.07, 6.45) is 0.609. The molecule has 3 rings (SSSR count). The van der Waals surface area contributed by atoms with Crippen LogP contribution in [0.15, 0.2) is 54.6 Å². The molecule has 5 nitrogen and oxygen atoms in total. The van der Waals surface area contributed by atoms with Gasteiger partial charge < -0.3 is 15.0 Å². The van der Waals surface area contributed by atoms with Gasteiger partial charge in [0.1, 0.15) is 0 Å². The Morgan fingerprint density at radius 3 is 2.54 bits per heavy atom. The van der Waals surface area contributed by atoms with Crippen LogP contribution >= 0.6 is 0 Å². The normalized spacial score (nSPS) is 18.7. The maximum atomic E-state index is 13.3. The van der Waals surface area contributed by atoms with Crippen molar-refractivity contribution in [3.63, 3.8) is 0 Å². The average molecular weight is 352 g/mol. The van der Waals surface area contributed by atoms with Crippen LogP contribution in [0.4, 0.5) is 5.69 Å². The van der Waals surface area contributed by atoms with Crippen LogP contribution in [-0.2, 0) is 26.2 Å². The van der Waals surface area contributed by atoms with E-state index in [9.17, 15) is 9.59 Å². The fourth-order valence-corrected chi connectivity index (χ4v) is 3.69. The van der Waals surface area contributed by atoms with Crippen LogP contribution in [0.5, 0.6) is 0 Å². The largest absolute Gasteiger partial charge is 0.383 e. The van der Waals surface area contributed by atoms with E-state index in [1.165, 1.54) is 0 Å². The first-order chi connectivity index (χ1) is 12.6. The molecule has 1 N–H and O–H groups in total. The van der Waals surface area contributed by atoms with Gasteiger partial charge >= 0.3 is 0 Å². The number of ether oxygens (including phenoxy) is 1. The molecule has 0 spiro atoms. The van der Waals surface area contributed by atoms with Crippen molar-refractivity contribution >= 4 is 17.5 Å². The van der Waals surface area contributed by atoms with Gasteiger partial charge in [-0.1, -0.05) is 48.5 Å². The third kappa shape index (κ3) is 3.35. The number of nitrogens with one attached hydrogen (secondary N) is 1. The predicted molar refractivity (Wildman–Crippen MR) is 101 cm³/mol. The summed E-state index contributed by atoms with van der Waals surface area (Å²) in [6, 6.07) is 17.6. The molecule has 0 bridgehead atoms. The molecular weight excluding hydrogens is 328 g/mol. The summed E-state index contributed by atoms with van der Waals surface area (Å²) in [4.78, 5) is 27.5. The molecule has 1 heterocycles. The molecule has 1 atom stereocenters. The number of hydrogen-bond donors (Lipinski definition) is 1. The first-order valence-electron chi connectivity index (χ1n) is 8.76. The second-order valence-electron chi connectivity index (χ2n) is 6.65. The molecule has 0 unspecified atom stereocenters. The maximum absolute atomic E-state index is 13.3. The topological polar surface area (TPSA) is 58.6 Å². The van der Waals surface area contributed by atoms with E-state index < -0.39 is 5.41 Å². The summed E-state index contributed by atoms with van der Waals surface area (Å²) in [6.45, 7) is 0.879. The summed E-state index contributed by atoms with van der Waals surface area (Å²) in [5.74, 6) is -0.180. The molecule has 0 fully saturated rings. The van der Waals surface area contributed by atoms with Crippen LogP contribution in [-0.4, -0.2) is 39.1 Å². The Hall–Kier alpha value is -2.66. The molecule has 0 aliphatic carbocycles. The van der Waals surface area contributed by atoms with E-state index in [0.717, 1.165) is 16.8 Å². The number of methoxy groups -OCH3 is 1.